The molecule has 0 radical (unpaired) electrons. The Bertz CT molecular complexity index is 487. The van der Waals surface area contributed by atoms with Crippen molar-refractivity contribution in [2.75, 3.05) is 6.61 Å². The molecule has 1 aromatic rings. The van der Waals surface area contributed by atoms with Gasteiger partial charge in [-0.2, -0.15) is 0 Å². The fourth-order valence-corrected chi connectivity index (χ4v) is 1.98. The van der Waals surface area contributed by atoms with Crippen LogP contribution >= 0.6 is 0 Å². The highest BCUT2D eigenvalue weighted by atomic mass is 16.5. The molecule has 1 aromatic carbocycles. The van der Waals surface area contributed by atoms with Crippen LogP contribution < -0.4 is 5.32 Å². The molecule has 0 aliphatic heterocycles. The summed E-state index contributed by atoms with van der Waals surface area (Å²) in [6, 6.07) is 8.98. The second kappa shape index (κ2) is 9.60. The third-order valence-corrected chi connectivity index (χ3v) is 3.17. The minimum absolute atomic E-state index is 0.185. The predicted octanol–water partition coefficient (Wildman–Crippen LogP) is 3.06. The summed E-state index contributed by atoms with van der Waals surface area (Å²) in [6.07, 6.45) is 1.50. The lowest BCUT2D eigenvalue weighted by molar-refractivity contribution is -0.148. The van der Waals surface area contributed by atoms with Crippen molar-refractivity contribution < 1.29 is 19.1 Å². The topological polar surface area (TPSA) is 64.6 Å². The van der Waals surface area contributed by atoms with Gasteiger partial charge in [0, 0.05) is 6.04 Å². The van der Waals surface area contributed by atoms with Crippen LogP contribution in [0.25, 0.3) is 0 Å². The van der Waals surface area contributed by atoms with E-state index in [4.69, 9.17) is 9.47 Å². The molecule has 0 spiro atoms. The van der Waals surface area contributed by atoms with Crippen LogP contribution in [0.1, 0.15) is 25.8 Å². The SMILES string of the molecule is C=CC[C@H](C(=O)OCC)[C@H](C)NC(=O)OCc1ccccc1. The fourth-order valence-electron chi connectivity index (χ4n) is 1.98. The van der Waals surface area contributed by atoms with Crippen LogP contribution in [0.4, 0.5) is 4.79 Å². The van der Waals surface area contributed by atoms with Gasteiger partial charge in [-0.25, -0.2) is 4.79 Å². The lowest BCUT2D eigenvalue weighted by atomic mass is 9.98. The number of carbonyl (C=O) groups excluding carboxylic acids is 2. The Labute approximate surface area is 131 Å². The summed E-state index contributed by atoms with van der Waals surface area (Å²) in [5.41, 5.74) is 0.901. The zero-order valence-electron chi connectivity index (χ0n) is 13.1. The van der Waals surface area contributed by atoms with Gasteiger partial charge in [-0.1, -0.05) is 36.4 Å². The minimum atomic E-state index is -0.560. The molecule has 0 heterocycles. The van der Waals surface area contributed by atoms with Crippen molar-refractivity contribution in [3.05, 3.63) is 48.6 Å². The van der Waals surface area contributed by atoms with E-state index >= 15 is 0 Å². The summed E-state index contributed by atoms with van der Waals surface area (Å²) in [4.78, 5) is 23.7. The third-order valence-electron chi connectivity index (χ3n) is 3.17. The number of alkyl carbamates (subject to hydrolysis) is 1. The number of allylic oxidation sites excluding steroid dienone is 1. The highest BCUT2D eigenvalue weighted by Gasteiger charge is 2.26. The summed E-state index contributed by atoms with van der Waals surface area (Å²) in [5, 5.41) is 2.66. The predicted molar refractivity (Wildman–Crippen MR) is 84.2 cm³/mol. The van der Waals surface area contributed by atoms with E-state index in [-0.39, 0.29) is 12.6 Å². The van der Waals surface area contributed by atoms with Crippen molar-refractivity contribution in [3.8, 4) is 0 Å². The maximum absolute atomic E-state index is 11.9. The van der Waals surface area contributed by atoms with Gasteiger partial charge in [0.2, 0.25) is 0 Å². The van der Waals surface area contributed by atoms with E-state index in [1.807, 2.05) is 30.3 Å². The van der Waals surface area contributed by atoms with Crippen molar-refractivity contribution in [2.45, 2.75) is 32.9 Å². The number of amides is 1. The second-order valence-electron chi connectivity index (χ2n) is 4.88. The molecule has 0 bridgehead atoms. The number of carbonyl (C=O) groups is 2. The molecular formula is C17H23NO4. The van der Waals surface area contributed by atoms with Crippen molar-refractivity contribution in [1.82, 2.24) is 5.32 Å². The largest absolute Gasteiger partial charge is 0.466 e. The van der Waals surface area contributed by atoms with Crippen LogP contribution in [0.2, 0.25) is 0 Å². The summed E-state index contributed by atoms with van der Waals surface area (Å²) in [5.74, 6) is -0.819. The van der Waals surface area contributed by atoms with Gasteiger partial charge in [-0.05, 0) is 25.8 Å². The first kappa shape index (κ1) is 17.8. The molecule has 0 saturated heterocycles. The van der Waals surface area contributed by atoms with E-state index in [1.54, 1.807) is 19.9 Å². The van der Waals surface area contributed by atoms with Crippen molar-refractivity contribution >= 4 is 12.1 Å². The van der Waals surface area contributed by atoms with Gasteiger partial charge in [0.25, 0.3) is 0 Å². The molecule has 1 N–H and O–H groups in total. The number of hydrogen-bond acceptors (Lipinski definition) is 4. The third kappa shape index (κ3) is 5.99. The van der Waals surface area contributed by atoms with Gasteiger partial charge in [0.15, 0.2) is 0 Å². The van der Waals surface area contributed by atoms with Crippen LogP contribution in [0.5, 0.6) is 0 Å². The molecule has 0 saturated carbocycles. The average molecular weight is 305 g/mol. The maximum Gasteiger partial charge on any atom is 0.407 e. The van der Waals surface area contributed by atoms with Crippen LogP contribution in [0.3, 0.4) is 0 Å². The molecule has 1 rings (SSSR count). The van der Waals surface area contributed by atoms with E-state index in [2.05, 4.69) is 11.9 Å². The van der Waals surface area contributed by atoms with Crippen LogP contribution in [-0.2, 0) is 20.9 Å². The number of esters is 1. The highest BCUT2D eigenvalue weighted by molar-refractivity contribution is 5.75. The molecule has 0 unspecified atom stereocenters. The van der Waals surface area contributed by atoms with E-state index < -0.39 is 18.1 Å². The number of rotatable bonds is 8. The number of nitrogens with one attached hydrogen (secondary N) is 1. The Morgan fingerprint density at radius 2 is 1.95 bits per heavy atom. The van der Waals surface area contributed by atoms with Gasteiger partial charge >= 0.3 is 12.1 Å². The van der Waals surface area contributed by atoms with Crippen LogP contribution in [-0.4, -0.2) is 24.7 Å². The smallest absolute Gasteiger partial charge is 0.407 e. The second-order valence-corrected chi connectivity index (χ2v) is 4.88. The molecular weight excluding hydrogens is 282 g/mol. The van der Waals surface area contributed by atoms with Gasteiger partial charge in [-0.3, -0.25) is 4.79 Å². The quantitative estimate of drug-likeness (QED) is 0.592. The van der Waals surface area contributed by atoms with E-state index in [0.29, 0.717) is 13.0 Å². The zero-order valence-corrected chi connectivity index (χ0v) is 13.1. The Balaban J connectivity index is 2.49. The van der Waals surface area contributed by atoms with E-state index in [9.17, 15) is 9.59 Å². The molecule has 1 amide bonds. The minimum Gasteiger partial charge on any atom is -0.466 e. The molecule has 0 aliphatic rings. The number of ether oxygens (including phenoxy) is 2. The summed E-state index contributed by atoms with van der Waals surface area (Å²) in [7, 11) is 0. The summed E-state index contributed by atoms with van der Waals surface area (Å²) >= 11 is 0. The van der Waals surface area contributed by atoms with Crippen LogP contribution in [0.15, 0.2) is 43.0 Å². The van der Waals surface area contributed by atoms with Gasteiger partial charge in [0.1, 0.15) is 6.61 Å². The first-order valence-corrected chi connectivity index (χ1v) is 7.33. The first-order valence-electron chi connectivity index (χ1n) is 7.33. The van der Waals surface area contributed by atoms with Crippen LogP contribution in [0, 0.1) is 5.92 Å². The summed E-state index contributed by atoms with van der Waals surface area (Å²) < 4.78 is 10.1. The Morgan fingerprint density at radius 1 is 1.27 bits per heavy atom. The monoisotopic (exact) mass is 305 g/mol. The normalized spacial score (nSPS) is 12.8. The van der Waals surface area contributed by atoms with Gasteiger partial charge < -0.3 is 14.8 Å². The molecule has 0 aromatic heterocycles. The maximum atomic E-state index is 11.9. The Morgan fingerprint density at radius 3 is 2.55 bits per heavy atom. The van der Waals surface area contributed by atoms with Crippen molar-refractivity contribution in [1.29, 1.82) is 0 Å². The lowest BCUT2D eigenvalue weighted by Crippen LogP contribution is -2.42. The Kier molecular flexibility index (Phi) is 7.75. The highest BCUT2D eigenvalue weighted by Crippen LogP contribution is 2.12. The standard InChI is InChI=1S/C17H23NO4/c1-4-9-15(16(19)21-5-2)13(3)18-17(20)22-12-14-10-7-6-8-11-14/h4,6-8,10-11,13,15H,1,5,9,12H2,2-3H3,(H,18,20)/t13-,15-/m0/s1. The molecule has 120 valence electrons. The lowest BCUT2D eigenvalue weighted by Gasteiger charge is -2.22. The van der Waals surface area contributed by atoms with Gasteiger partial charge in [0.05, 0.1) is 12.5 Å². The number of hydrogen-bond donors (Lipinski definition) is 1. The molecule has 22 heavy (non-hydrogen) atoms. The van der Waals surface area contributed by atoms with E-state index in [0.717, 1.165) is 5.56 Å². The molecule has 2 atom stereocenters. The number of benzene rings is 1. The molecule has 0 fully saturated rings. The van der Waals surface area contributed by atoms with E-state index in [1.165, 1.54) is 0 Å². The Hall–Kier alpha value is -2.30. The van der Waals surface area contributed by atoms with Crippen molar-refractivity contribution in [3.63, 3.8) is 0 Å². The molecule has 5 nitrogen and oxygen atoms in total. The molecule has 0 aliphatic carbocycles. The summed E-state index contributed by atoms with van der Waals surface area (Å²) in [6.45, 7) is 7.61. The zero-order chi connectivity index (χ0) is 16.4. The fraction of sp³-hybridized carbons (Fsp3) is 0.412. The first-order chi connectivity index (χ1) is 10.6. The average Bonchev–Trinajstić information content (AvgIpc) is 2.51. The molecule has 5 heteroatoms. The van der Waals surface area contributed by atoms with Gasteiger partial charge in [-0.15, -0.1) is 6.58 Å². The van der Waals surface area contributed by atoms with Crippen molar-refractivity contribution in [2.24, 2.45) is 5.92 Å².